The second-order valence-electron chi connectivity index (χ2n) is 8.66. The summed E-state index contributed by atoms with van der Waals surface area (Å²) in [7, 11) is 0. The maximum atomic E-state index is 12.2. The van der Waals surface area contributed by atoms with Crippen LogP contribution in [0.5, 0.6) is 5.75 Å². The van der Waals surface area contributed by atoms with Gasteiger partial charge in [0.15, 0.2) is 5.75 Å². The summed E-state index contributed by atoms with van der Waals surface area (Å²) in [6, 6.07) is 6.25. The molecule has 31 heavy (non-hydrogen) atoms. The molecule has 2 aromatic rings. The number of hydrogen-bond acceptors (Lipinski definition) is 5. The third kappa shape index (κ3) is 3.57. The number of carbonyl (C=O) groups excluding carboxylic acids is 2. The van der Waals surface area contributed by atoms with Gasteiger partial charge in [0.05, 0.1) is 17.4 Å². The third-order valence-electron chi connectivity index (χ3n) is 6.75. The molecule has 1 saturated carbocycles. The second kappa shape index (κ2) is 7.96. The fraction of sp³-hybridized carbons (Fsp3) is 0.458. The molecular weight excluding hydrogens is 392 g/mol. The standard InChI is InChI=1S/C24H28N4O3/c1-3-23(30)27-12-10-18-24-19(14-27)25-11-9-21(24)28(26-18)20-8-7-17(16-5-4-6-16)13-22(20)31-15(2)29/h3,7-8,13,16,19,25H,1,4-6,9-12,14H2,2H3/t19-/m0/s1. The van der Waals surface area contributed by atoms with Crippen LogP contribution >= 0.6 is 0 Å². The summed E-state index contributed by atoms with van der Waals surface area (Å²) in [6.07, 6.45) is 6.53. The number of nitrogens with zero attached hydrogens (tertiary/aromatic N) is 3. The quantitative estimate of drug-likeness (QED) is 0.468. The summed E-state index contributed by atoms with van der Waals surface area (Å²) < 4.78 is 7.61. The van der Waals surface area contributed by atoms with E-state index in [2.05, 4.69) is 18.0 Å². The van der Waals surface area contributed by atoms with Crippen molar-refractivity contribution in [2.75, 3.05) is 19.6 Å². The predicted molar refractivity (Wildman–Crippen MR) is 116 cm³/mol. The molecule has 1 fully saturated rings. The Bertz CT molecular complexity index is 1050. The third-order valence-corrected chi connectivity index (χ3v) is 6.75. The molecule has 162 valence electrons. The summed E-state index contributed by atoms with van der Waals surface area (Å²) in [4.78, 5) is 25.9. The van der Waals surface area contributed by atoms with Crippen LogP contribution in [0.1, 0.15) is 60.7 Å². The molecule has 1 aromatic carbocycles. The van der Waals surface area contributed by atoms with Gasteiger partial charge in [0.1, 0.15) is 5.69 Å². The monoisotopic (exact) mass is 420 g/mol. The largest absolute Gasteiger partial charge is 0.424 e. The highest BCUT2D eigenvalue weighted by Crippen LogP contribution is 2.40. The van der Waals surface area contributed by atoms with E-state index >= 15 is 0 Å². The minimum absolute atomic E-state index is 0.0457. The van der Waals surface area contributed by atoms with E-state index < -0.39 is 0 Å². The van der Waals surface area contributed by atoms with Gasteiger partial charge in [0.2, 0.25) is 5.91 Å². The first-order valence-electron chi connectivity index (χ1n) is 11.1. The summed E-state index contributed by atoms with van der Waals surface area (Å²) in [5.74, 6) is 0.755. The lowest BCUT2D eigenvalue weighted by Gasteiger charge is -2.29. The van der Waals surface area contributed by atoms with Crippen LogP contribution in [0.4, 0.5) is 0 Å². The van der Waals surface area contributed by atoms with Crippen LogP contribution in [-0.2, 0) is 22.4 Å². The van der Waals surface area contributed by atoms with Crippen molar-refractivity contribution >= 4 is 11.9 Å². The molecule has 0 spiro atoms. The SMILES string of the molecule is C=CC(=O)N1CCc2nn(-c3ccc(C4CCC4)cc3OC(C)=O)c3c2[C@H](C1)NCC3. The van der Waals surface area contributed by atoms with Crippen LogP contribution in [-0.4, -0.2) is 46.2 Å². The Morgan fingerprint density at radius 1 is 1.29 bits per heavy atom. The van der Waals surface area contributed by atoms with E-state index in [0.717, 1.165) is 30.0 Å². The van der Waals surface area contributed by atoms with Crippen molar-refractivity contribution in [1.82, 2.24) is 20.0 Å². The maximum Gasteiger partial charge on any atom is 0.308 e. The second-order valence-corrected chi connectivity index (χ2v) is 8.66. The first kappa shape index (κ1) is 20.0. The van der Waals surface area contributed by atoms with Crippen LogP contribution in [0, 0.1) is 0 Å². The highest BCUT2D eigenvalue weighted by molar-refractivity contribution is 5.87. The molecule has 3 heterocycles. The van der Waals surface area contributed by atoms with E-state index in [1.165, 1.54) is 43.4 Å². The highest BCUT2D eigenvalue weighted by Gasteiger charge is 2.34. The molecule has 2 aliphatic heterocycles. The van der Waals surface area contributed by atoms with Gasteiger partial charge in [-0.3, -0.25) is 9.59 Å². The summed E-state index contributed by atoms with van der Waals surface area (Å²) in [5, 5.41) is 8.51. The number of esters is 1. The number of aromatic nitrogens is 2. The van der Waals surface area contributed by atoms with Crippen molar-refractivity contribution < 1.29 is 14.3 Å². The van der Waals surface area contributed by atoms with Crippen LogP contribution < -0.4 is 10.1 Å². The van der Waals surface area contributed by atoms with Crippen molar-refractivity contribution in [2.24, 2.45) is 0 Å². The lowest BCUT2D eigenvalue weighted by Crippen LogP contribution is -2.40. The van der Waals surface area contributed by atoms with E-state index in [1.807, 2.05) is 21.7 Å². The molecule has 0 radical (unpaired) electrons. The zero-order chi connectivity index (χ0) is 21.5. The van der Waals surface area contributed by atoms with Gasteiger partial charge in [-0.1, -0.05) is 19.1 Å². The van der Waals surface area contributed by atoms with Crippen LogP contribution in [0.25, 0.3) is 5.69 Å². The van der Waals surface area contributed by atoms with Gasteiger partial charge < -0.3 is 15.0 Å². The fourth-order valence-corrected chi connectivity index (χ4v) is 4.98. The number of carbonyl (C=O) groups is 2. The first-order chi connectivity index (χ1) is 15.0. The fourth-order valence-electron chi connectivity index (χ4n) is 4.98. The number of hydrogen-bond donors (Lipinski definition) is 1. The maximum absolute atomic E-state index is 12.2. The van der Waals surface area contributed by atoms with Gasteiger partial charge in [-0.25, -0.2) is 4.68 Å². The van der Waals surface area contributed by atoms with E-state index in [4.69, 9.17) is 9.84 Å². The lowest BCUT2D eigenvalue weighted by atomic mass is 9.80. The van der Waals surface area contributed by atoms with Crippen LogP contribution in [0.3, 0.4) is 0 Å². The van der Waals surface area contributed by atoms with Crippen molar-refractivity contribution in [3.63, 3.8) is 0 Å². The highest BCUT2D eigenvalue weighted by atomic mass is 16.5. The van der Waals surface area contributed by atoms with Gasteiger partial charge >= 0.3 is 5.97 Å². The molecule has 0 saturated heterocycles. The van der Waals surface area contributed by atoms with E-state index in [1.54, 1.807) is 0 Å². The predicted octanol–water partition coefficient (Wildman–Crippen LogP) is 2.82. The summed E-state index contributed by atoms with van der Waals surface area (Å²) >= 11 is 0. The minimum Gasteiger partial charge on any atom is -0.424 e. The molecule has 1 aliphatic carbocycles. The minimum atomic E-state index is -0.326. The molecule has 0 unspecified atom stereocenters. The van der Waals surface area contributed by atoms with Crippen LogP contribution in [0.2, 0.25) is 0 Å². The number of rotatable bonds is 4. The first-order valence-corrected chi connectivity index (χ1v) is 11.1. The summed E-state index contributed by atoms with van der Waals surface area (Å²) in [5.41, 5.74) is 5.36. The lowest BCUT2D eigenvalue weighted by molar-refractivity contribution is -0.132. The average Bonchev–Trinajstić information content (AvgIpc) is 2.97. The van der Waals surface area contributed by atoms with Gasteiger partial charge in [0, 0.05) is 45.0 Å². The molecule has 1 N–H and O–H groups in total. The smallest absolute Gasteiger partial charge is 0.308 e. The number of amides is 1. The van der Waals surface area contributed by atoms with E-state index in [-0.39, 0.29) is 17.9 Å². The molecule has 7 nitrogen and oxygen atoms in total. The van der Waals surface area contributed by atoms with Gasteiger partial charge in [0.25, 0.3) is 0 Å². The number of benzene rings is 1. The molecule has 1 amide bonds. The number of ether oxygens (including phenoxy) is 1. The molecule has 0 bridgehead atoms. The summed E-state index contributed by atoms with van der Waals surface area (Å²) in [6.45, 7) is 7.09. The van der Waals surface area contributed by atoms with E-state index in [0.29, 0.717) is 31.2 Å². The normalized spacial score (nSPS) is 20.4. The molecular formula is C24H28N4O3. The molecule has 7 heteroatoms. The zero-order valence-electron chi connectivity index (χ0n) is 17.9. The van der Waals surface area contributed by atoms with Crippen molar-refractivity contribution in [3.8, 4) is 11.4 Å². The van der Waals surface area contributed by atoms with Crippen molar-refractivity contribution in [2.45, 2.75) is 51.0 Å². The van der Waals surface area contributed by atoms with Crippen molar-refractivity contribution in [1.29, 1.82) is 0 Å². The molecule has 5 rings (SSSR count). The van der Waals surface area contributed by atoms with Gasteiger partial charge in [-0.15, -0.1) is 0 Å². The topological polar surface area (TPSA) is 76.5 Å². The van der Waals surface area contributed by atoms with Crippen molar-refractivity contribution in [3.05, 3.63) is 53.4 Å². The Kier molecular flexibility index (Phi) is 5.14. The number of nitrogens with one attached hydrogen (secondary N) is 1. The Balaban J connectivity index is 1.56. The average molecular weight is 421 g/mol. The Morgan fingerprint density at radius 2 is 2.13 bits per heavy atom. The van der Waals surface area contributed by atoms with E-state index in [9.17, 15) is 9.59 Å². The zero-order valence-corrected chi connectivity index (χ0v) is 17.9. The Hall–Kier alpha value is -2.93. The molecule has 3 aliphatic rings. The molecule has 1 atom stereocenters. The van der Waals surface area contributed by atoms with Crippen LogP contribution in [0.15, 0.2) is 30.9 Å². The van der Waals surface area contributed by atoms with Gasteiger partial charge in [-0.2, -0.15) is 5.10 Å². The Labute approximate surface area is 182 Å². The molecule has 1 aromatic heterocycles. The Morgan fingerprint density at radius 3 is 2.84 bits per heavy atom. The van der Waals surface area contributed by atoms with Gasteiger partial charge in [-0.05, 0) is 42.5 Å².